The number of hydrogen-bond acceptors (Lipinski definition) is 2. The van der Waals surface area contributed by atoms with Crippen LogP contribution in [0.5, 0.6) is 0 Å². The van der Waals surface area contributed by atoms with E-state index in [1.165, 1.54) is 10.9 Å². The third kappa shape index (κ3) is 2.54. The van der Waals surface area contributed by atoms with Crippen molar-refractivity contribution in [2.24, 2.45) is 5.73 Å². The average molecular weight is 200 g/mol. The largest absolute Gasteiger partial charge is 0.328 e. The number of aryl methyl sites for hydroxylation is 1. The molecule has 1 aromatic carbocycles. The number of fused-ring (bicyclic) bond motifs is 1. The SMILES string of the molecule is C[C@@H](N)CCc1ccc2ncccc2c1. The molecule has 2 rings (SSSR count). The topological polar surface area (TPSA) is 38.9 Å². The summed E-state index contributed by atoms with van der Waals surface area (Å²) in [7, 11) is 0. The first-order valence-corrected chi connectivity index (χ1v) is 5.35. The molecule has 1 aromatic heterocycles. The van der Waals surface area contributed by atoms with Gasteiger partial charge in [0.1, 0.15) is 0 Å². The van der Waals surface area contributed by atoms with Crippen LogP contribution in [0.2, 0.25) is 0 Å². The first-order chi connectivity index (χ1) is 7.25. The normalized spacial score (nSPS) is 12.9. The predicted molar refractivity (Wildman–Crippen MR) is 63.7 cm³/mol. The molecule has 0 unspecified atom stereocenters. The third-order valence-corrected chi connectivity index (χ3v) is 2.56. The Hall–Kier alpha value is -1.41. The summed E-state index contributed by atoms with van der Waals surface area (Å²) < 4.78 is 0. The van der Waals surface area contributed by atoms with Crippen LogP contribution in [0.1, 0.15) is 18.9 Å². The van der Waals surface area contributed by atoms with Gasteiger partial charge in [0.25, 0.3) is 0 Å². The Kier molecular flexibility index (Phi) is 2.97. The van der Waals surface area contributed by atoms with Crippen molar-refractivity contribution in [3.8, 4) is 0 Å². The van der Waals surface area contributed by atoms with Crippen LogP contribution in [-0.2, 0) is 6.42 Å². The quantitative estimate of drug-likeness (QED) is 0.826. The molecular formula is C13H16N2. The van der Waals surface area contributed by atoms with E-state index >= 15 is 0 Å². The molecule has 0 amide bonds. The molecular weight excluding hydrogens is 184 g/mol. The summed E-state index contributed by atoms with van der Waals surface area (Å²) in [6.07, 6.45) is 3.90. The van der Waals surface area contributed by atoms with E-state index in [2.05, 4.69) is 29.2 Å². The highest BCUT2D eigenvalue weighted by Crippen LogP contribution is 2.14. The second kappa shape index (κ2) is 4.41. The number of benzene rings is 1. The van der Waals surface area contributed by atoms with Gasteiger partial charge >= 0.3 is 0 Å². The maximum absolute atomic E-state index is 5.74. The van der Waals surface area contributed by atoms with Gasteiger partial charge in [-0.15, -0.1) is 0 Å². The number of nitrogens with zero attached hydrogens (tertiary/aromatic N) is 1. The molecule has 0 aliphatic carbocycles. The van der Waals surface area contributed by atoms with Gasteiger partial charge in [0.15, 0.2) is 0 Å². The highest BCUT2D eigenvalue weighted by molar-refractivity contribution is 5.78. The maximum atomic E-state index is 5.74. The van der Waals surface area contributed by atoms with E-state index in [1.807, 2.05) is 19.2 Å². The number of nitrogens with two attached hydrogens (primary N) is 1. The van der Waals surface area contributed by atoms with Crippen molar-refractivity contribution in [2.45, 2.75) is 25.8 Å². The lowest BCUT2D eigenvalue weighted by atomic mass is 10.0. The van der Waals surface area contributed by atoms with Gasteiger partial charge in [0.2, 0.25) is 0 Å². The number of rotatable bonds is 3. The fourth-order valence-electron chi connectivity index (χ4n) is 1.67. The fourth-order valence-corrected chi connectivity index (χ4v) is 1.67. The van der Waals surface area contributed by atoms with E-state index in [9.17, 15) is 0 Å². The number of aromatic nitrogens is 1. The molecule has 0 aliphatic rings. The van der Waals surface area contributed by atoms with Gasteiger partial charge in [0.05, 0.1) is 5.52 Å². The third-order valence-electron chi connectivity index (χ3n) is 2.56. The highest BCUT2D eigenvalue weighted by atomic mass is 14.6. The second-order valence-electron chi connectivity index (χ2n) is 4.05. The van der Waals surface area contributed by atoms with Crippen LogP contribution in [-0.4, -0.2) is 11.0 Å². The van der Waals surface area contributed by atoms with E-state index in [0.717, 1.165) is 18.4 Å². The Bertz CT molecular complexity index is 449. The van der Waals surface area contributed by atoms with Gasteiger partial charge < -0.3 is 5.73 Å². The molecule has 2 aromatic rings. The van der Waals surface area contributed by atoms with Crippen molar-refractivity contribution < 1.29 is 0 Å². The van der Waals surface area contributed by atoms with Crippen molar-refractivity contribution in [3.63, 3.8) is 0 Å². The van der Waals surface area contributed by atoms with Crippen molar-refractivity contribution in [1.29, 1.82) is 0 Å². The molecule has 78 valence electrons. The molecule has 2 nitrogen and oxygen atoms in total. The summed E-state index contributed by atoms with van der Waals surface area (Å²) in [5.41, 5.74) is 8.14. The highest BCUT2D eigenvalue weighted by Gasteiger charge is 1.99. The lowest BCUT2D eigenvalue weighted by Crippen LogP contribution is -2.15. The predicted octanol–water partition coefficient (Wildman–Crippen LogP) is 2.51. The monoisotopic (exact) mass is 200 g/mol. The van der Waals surface area contributed by atoms with Crippen molar-refractivity contribution in [2.75, 3.05) is 0 Å². The van der Waals surface area contributed by atoms with Crippen LogP contribution < -0.4 is 5.73 Å². The fraction of sp³-hybridized carbons (Fsp3) is 0.308. The standard InChI is InChI=1S/C13H16N2/c1-10(14)4-5-11-6-7-13-12(9-11)3-2-8-15-13/h2-3,6-10H,4-5,14H2,1H3/t10-/m1/s1. The Morgan fingerprint density at radius 2 is 2.20 bits per heavy atom. The summed E-state index contributed by atoms with van der Waals surface area (Å²) in [4.78, 5) is 4.29. The van der Waals surface area contributed by atoms with Gasteiger partial charge in [-0.05, 0) is 43.5 Å². The van der Waals surface area contributed by atoms with Gasteiger partial charge in [-0.1, -0.05) is 12.1 Å². The van der Waals surface area contributed by atoms with Crippen LogP contribution in [0.3, 0.4) is 0 Å². The first-order valence-electron chi connectivity index (χ1n) is 5.35. The van der Waals surface area contributed by atoms with Crippen LogP contribution in [0.4, 0.5) is 0 Å². The molecule has 0 spiro atoms. The van der Waals surface area contributed by atoms with E-state index in [1.54, 1.807) is 0 Å². The molecule has 0 radical (unpaired) electrons. The lowest BCUT2D eigenvalue weighted by molar-refractivity contribution is 0.666. The molecule has 0 saturated heterocycles. The van der Waals surface area contributed by atoms with Crippen LogP contribution in [0, 0.1) is 0 Å². The summed E-state index contributed by atoms with van der Waals surface area (Å²) in [6, 6.07) is 10.7. The average Bonchev–Trinajstić information content (AvgIpc) is 2.26. The minimum absolute atomic E-state index is 0.273. The molecule has 0 aliphatic heterocycles. The Morgan fingerprint density at radius 3 is 3.00 bits per heavy atom. The second-order valence-corrected chi connectivity index (χ2v) is 4.05. The molecule has 0 fully saturated rings. The lowest BCUT2D eigenvalue weighted by Gasteiger charge is -2.05. The first kappa shape index (κ1) is 10.1. The Labute approximate surface area is 90.1 Å². The molecule has 0 bridgehead atoms. The number of hydrogen-bond donors (Lipinski definition) is 1. The van der Waals surface area contributed by atoms with Crippen LogP contribution in [0.15, 0.2) is 36.5 Å². The molecule has 1 atom stereocenters. The zero-order chi connectivity index (χ0) is 10.7. The minimum atomic E-state index is 0.273. The zero-order valence-corrected chi connectivity index (χ0v) is 8.98. The van der Waals surface area contributed by atoms with Crippen LogP contribution in [0.25, 0.3) is 10.9 Å². The maximum Gasteiger partial charge on any atom is 0.0702 e. The van der Waals surface area contributed by atoms with E-state index in [-0.39, 0.29) is 6.04 Å². The summed E-state index contributed by atoms with van der Waals surface area (Å²) >= 11 is 0. The summed E-state index contributed by atoms with van der Waals surface area (Å²) in [6.45, 7) is 2.04. The molecule has 15 heavy (non-hydrogen) atoms. The van der Waals surface area contributed by atoms with Gasteiger partial charge in [-0.25, -0.2) is 0 Å². The Balaban J connectivity index is 2.23. The van der Waals surface area contributed by atoms with Crippen LogP contribution >= 0.6 is 0 Å². The van der Waals surface area contributed by atoms with E-state index in [4.69, 9.17) is 5.73 Å². The smallest absolute Gasteiger partial charge is 0.0702 e. The van der Waals surface area contributed by atoms with Crippen molar-refractivity contribution in [3.05, 3.63) is 42.1 Å². The summed E-state index contributed by atoms with van der Waals surface area (Å²) in [5.74, 6) is 0. The molecule has 2 heteroatoms. The number of pyridine rings is 1. The van der Waals surface area contributed by atoms with Gasteiger partial charge in [-0.2, -0.15) is 0 Å². The molecule has 1 heterocycles. The Morgan fingerprint density at radius 1 is 1.33 bits per heavy atom. The van der Waals surface area contributed by atoms with E-state index in [0.29, 0.717) is 0 Å². The zero-order valence-electron chi connectivity index (χ0n) is 8.98. The van der Waals surface area contributed by atoms with Gasteiger partial charge in [0, 0.05) is 17.6 Å². The van der Waals surface area contributed by atoms with E-state index < -0.39 is 0 Å². The van der Waals surface area contributed by atoms with Crippen molar-refractivity contribution in [1.82, 2.24) is 4.98 Å². The molecule has 0 saturated carbocycles. The summed E-state index contributed by atoms with van der Waals surface area (Å²) in [5, 5.41) is 1.21. The molecule has 2 N–H and O–H groups in total. The minimum Gasteiger partial charge on any atom is -0.328 e. The van der Waals surface area contributed by atoms with Gasteiger partial charge in [-0.3, -0.25) is 4.98 Å². The van der Waals surface area contributed by atoms with Crippen molar-refractivity contribution >= 4 is 10.9 Å².